The van der Waals surface area contributed by atoms with Crippen LogP contribution in [0.15, 0.2) is 60.7 Å². The molecular formula is C26H34N4O. The fraction of sp³-hybridized carbons (Fsp3) is 0.385. The summed E-state index contributed by atoms with van der Waals surface area (Å²) < 4.78 is 1.76. The Kier molecular flexibility index (Phi) is 8.01. The fourth-order valence-electron chi connectivity index (χ4n) is 3.78. The quantitative estimate of drug-likeness (QED) is 0.499. The van der Waals surface area contributed by atoms with E-state index >= 15 is 0 Å². The Morgan fingerprint density at radius 3 is 2.48 bits per heavy atom. The number of hydrogen-bond donors (Lipinski definition) is 1. The molecule has 2 aromatic carbocycles. The van der Waals surface area contributed by atoms with Gasteiger partial charge in [0.1, 0.15) is 5.69 Å². The van der Waals surface area contributed by atoms with Crippen LogP contribution in [-0.4, -0.2) is 46.3 Å². The number of nitrogens with one attached hydrogen (secondary N) is 1. The summed E-state index contributed by atoms with van der Waals surface area (Å²) in [5, 5.41) is 7.95. The molecule has 3 rings (SSSR count). The minimum atomic E-state index is -0.0912. The number of carbonyl (C=O) groups excluding carboxylic acids is 1. The summed E-state index contributed by atoms with van der Waals surface area (Å²) in [5.41, 5.74) is 4.36. The van der Waals surface area contributed by atoms with E-state index < -0.39 is 0 Å². The highest BCUT2D eigenvalue weighted by Gasteiger charge is 2.19. The number of benzene rings is 2. The van der Waals surface area contributed by atoms with Crippen molar-refractivity contribution in [2.45, 2.75) is 46.6 Å². The minimum absolute atomic E-state index is 0.0912. The van der Waals surface area contributed by atoms with Gasteiger partial charge in [0.25, 0.3) is 5.91 Å². The molecule has 0 fully saturated rings. The molecule has 1 unspecified atom stereocenters. The first-order valence-electron chi connectivity index (χ1n) is 11.3. The molecule has 1 atom stereocenters. The summed E-state index contributed by atoms with van der Waals surface area (Å²) >= 11 is 0. The normalized spacial score (nSPS) is 12.2. The Morgan fingerprint density at radius 1 is 1.06 bits per heavy atom. The molecule has 0 aliphatic heterocycles. The van der Waals surface area contributed by atoms with Gasteiger partial charge in [0.05, 0.1) is 11.4 Å². The molecule has 1 N–H and O–H groups in total. The van der Waals surface area contributed by atoms with E-state index in [9.17, 15) is 4.79 Å². The summed E-state index contributed by atoms with van der Waals surface area (Å²) in [6.07, 6.45) is 2.02. The number of hydrogen-bond acceptors (Lipinski definition) is 3. The van der Waals surface area contributed by atoms with Crippen LogP contribution in [-0.2, 0) is 0 Å². The molecule has 1 amide bonds. The first-order chi connectivity index (χ1) is 15.0. The Labute approximate surface area is 186 Å². The zero-order chi connectivity index (χ0) is 22.2. The second kappa shape index (κ2) is 10.9. The van der Waals surface area contributed by atoms with Gasteiger partial charge >= 0.3 is 0 Å². The van der Waals surface area contributed by atoms with Gasteiger partial charge in [-0.1, -0.05) is 56.3 Å². The standard InChI is InChI=1S/C26H34N4O/c1-5-29(6-2)17-11-13-21(4)27-26(31)25-19-24(22-14-8-7-9-15-22)28-30(25)23-16-10-12-20(3)18-23/h7-10,12,14-16,18-19,21H,5-6,11,13,17H2,1-4H3,(H,27,31). The zero-order valence-electron chi connectivity index (χ0n) is 19.1. The van der Waals surface area contributed by atoms with E-state index in [4.69, 9.17) is 5.10 Å². The molecule has 0 radical (unpaired) electrons. The summed E-state index contributed by atoms with van der Waals surface area (Å²) in [6.45, 7) is 11.7. The van der Waals surface area contributed by atoms with Crippen LogP contribution in [0, 0.1) is 6.92 Å². The number of carbonyl (C=O) groups is 1. The molecule has 31 heavy (non-hydrogen) atoms. The highest BCUT2D eigenvalue weighted by Crippen LogP contribution is 2.22. The van der Waals surface area contributed by atoms with E-state index in [1.807, 2.05) is 67.6 Å². The average molecular weight is 419 g/mol. The third kappa shape index (κ3) is 6.05. The predicted molar refractivity (Wildman–Crippen MR) is 128 cm³/mol. The molecule has 0 saturated carbocycles. The van der Waals surface area contributed by atoms with Gasteiger partial charge in [-0.25, -0.2) is 4.68 Å². The SMILES string of the molecule is CCN(CC)CCCC(C)NC(=O)c1cc(-c2ccccc2)nn1-c1cccc(C)c1. The Morgan fingerprint density at radius 2 is 1.81 bits per heavy atom. The maximum absolute atomic E-state index is 13.2. The highest BCUT2D eigenvalue weighted by molar-refractivity contribution is 5.94. The van der Waals surface area contributed by atoms with E-state index in [1.54, 1.807) is 4.68 Å². The maximum atomic E-state index is 13.2. The first-order valence-corrected chi connectivity index (χ1v) is 11.3. The molecule has 0 bridgehead atoms. The van der Waals surface area contributed by atoms with E-state index in [-0.39, 0.29) is 11.9 Å². The van der Waals surface area contributed by atoms with Crippen molar-refractivity contribution in [1.82, 2.24) is 20.0 Å². The summed E-state index contributed by atoms with van der Waals surface area (Å²) in [4.78, 5) is 15.6. The van der Waals surface area contributed by atoms with Crippen molar-refractivity contribution in [3.05, 3.63) is 71.9 Å². The second-order valence-corrected chi connectivity index (χ2v) is 8.08. The van der Waals surface area contributed by atoms with Gasteiger partial charge in [0, 0.05) is 11.6 Å². The monoisotopic (exact) mass is 418 g/mol. The summed E-state index contributed by atoms with van der Waals surface area (Å²) in [5.74, 6) is -0.0912. The largest absolute Gasteiger partial charge is 0.348 e. The molecular weight excluding hydrogens is 384 g/mol. The van der Waals surface area contributed by atoms with Crippen LogP contribution in [0.2, 0.25) is 0 Å². The molecule has 5 nitrogen and oxygen atoms in total. The lowest BCUT2D eigenvalue weighted by molar-refractivity contribution is 0.0929. The number of nitrogens with zero attached hydrogens (tertiary/aromatic N) is 3. The molecule has 0 aliphatic carbocycles. The van der Waals surface area contributed by atoms with Gasteiger partial charge in [-0.2, -0.15) is 5.10 Å². The van der Waals surface area contributed by atoms with Crippen molar-refractivity contribution in [2.24, 2.45) is 0 Å². The molecule has 0 aliphatic rings. The van der Waals surface area contributed by atoms with Gasteiger partial charge in [-0.3, -0.25) is 4.79 Å². The van der Waals surface area contributed by atoms with Crippen molar-refractivity contribution in [1.29, 1.82) is 0 Å². The van der Waals surface area contributed by atoms with E-state index in [0.29, 0.717) is 5.69 Å². The molecule has 3 aromatic rings. The van der Waals surface area contributed by atoms with Gasteiger partial charge < -0.3 is 10.2 Å². The average Bonchev–Trinajstić information content (AvgIpc) is 3.23. The van der Waals surface area contributed by atoms with Crippen molar-refractivity contribution in [3.8, 4) is 16.9 Å². The van der Waals surface area contributed by atoms with Crippen molar-refractivity contribution in [2.75, 3.05) is 19.6 Å². The molecule has 0 spiro atoms. The third-order valence-electron chi connectivity index (χ3n) is 5.64. The van der Waals surface area contributed by atoms with Gasteiger partial charge in [0.15, 0.2) is 0 Å². The van der Waals surface area contributed by atoms with Crippen molar-refractivity contribution in [3.63, 3.8) is 0 Å². The third-order valence-corrected chi connectivity index (χ3v) is 5.64. The lowest BCUT2D eigenvalue weighted by Gasteiger charge is -2.20. The molecule has 164 valence electrons. The van der Waals surface area contributed by atoms with E-state index in [2.05, 4.69) is 31.0 Å². The van der Waals surface area contributed by atoms with Gasteiger partial charge in [-0.05, 0) is 70.1 Å². The Bertz CT molecular complexity index is 976. The molecule has 0 saturated heterocycles. The second-order valence-electron chi connectivity index (χ2n) is 8.08. The van der Waals surface area contributed by atoms with E-state index in [1.165, 1.54) is 0 Å². The van der Waals surface area contributed by atoms with Crippen LogP contribution in [0.3, 0.4) is 0 Å². The lowest BCUT2D eigenvalue weighted by Crippen LogP contribution is -2.34. The van der Waals surface area contributed by atoms with Crippen LogP contribution >= 0.6 is 0 Å². The Hall–Kier alpha value is -2.92. The van der Waals surface area contributed by atoms with Gasteiger partial charge in [0.2, 0.25) is 0 Å². The number of rotatable bonds is 10. The van der Waals surface area contributed by atoms with Crippen LogP contribution in [0.1, 0.15) is 49.7 Å². The van der Waals surface area contributed by atoms with Crippen LogP contribution in [0.25, 0.3) is 16.9 Å². The molecule has 1 aromatic heterocycles. The van der Waals surface area contributed by atoms with Crippen LogP contribution < -0.4 is 5.32 Å². The summed E-state index contributed by atoms with van der Waals surface area (Å²) in [6, 6.07) is 20.0. The fourth-order valence-corrected chi connectivity index (χ4v) is 3.78. The predicted octanol–water partition coefficient (Wildman–Crippen LogP) is 5.09. The topological polar surface area (TPSA) is 50.2 Å². The number of aryl methyl sites for hydroxylation is 1. The zero-order valence-corrected chi connectivity index (χ0v) is 19.1. The first kappa shape index (κ1) is 22.8. The smallest absolute Gasteiger partial charge is 0.270 e. The molecule has 5 heteroatoms. The van der Waals surface area contributed by atoms with Crippen LogP contribution in [0.4, 0.5) is 0 Å². The van der Waals surface area contributed by atoms with Crippen LogP contribution in [0.5, 0.6) is 0 Å². The highest BCUT2D eigenvalue weighted by atomic mass is 16.2. The Balaban J connectivity index is 1.80. The summed E-state index contributed by atoms with van der Waals surface area (Å²) in [7, 11) is 0. The maximum Gasteiger partial charge on any atom is 0.270 e. The minimum Gasteiger partial charge on any atom is -0.348 e. The van der Waals surface area contributed by atoms with Crippen molar-refractivity contribution < 1.29 is 4.79 Å². The molecule has 1 heterocycles. The van der Waals surface area contributed by atoms with Crippen molar-refractivity contribution >= 4 is 5.91 Å². The van der Waals surface area contributed by atoms with E-state index in [0.717, 1.165) is 55.0 Å². The number of amides is 1. The van der Waals surface area contributed by atoms with Gasteiger partial charge in [-0.15, -0.1) is 0 Å². The number of aromatic nitrogens is 2. The lowest BCUT2D eigenvalue weighted by atomic mass is 10.1.